The number of para-hydroxylation sites is 1. The highest BCUT2D eigenvalue weighted by atomic mass is 16.5. The van der Waals surface area contributed by atoms with Gasteiger partial charge in [0, 0.05) is 43.6 Å². The average molecular weight is 448 g/mol. The molecule has 0 aliphatic carbocycles. The zero-order valence-corrected chi connectivity index (χ0v) is 19.2. The number of amides is 2. The Morgan fingerprint density at radius 2 is 1.73 bits per heavy atom. The Labute approximate surface area is 192 Å². The Bertz CT molecular complexity index is 1180. The van der Waals surface area contributed by atoms with Crippen LogP contribution in [-0.4, -0.2) is 69.8 Å². The first-order valence-electron chi connectivity index (χ1n) is 11.4. The van der Waals surface area contributed by atoms with Gasteiger partial charge in [0.15, 0.2) is 6.61 Å². The summed E-state index contributed by atoms with van der Waals surface area (Å²) < 4.78 is 5.94. The normalized spacial score (nSPS) is 20.3. The summed E-state index contributed by atoms with van der Waals surface area (Å²) in [6.45, 7) is 9.10. The van der Waals surface area contributed by atoms with Gasteiger partial charge in [0.25, 0.3) is 11.8 Å². The fraction of sp³-hybridized carbons (Fsp3) is 0.440. The minimum atomic E-state index is -0.0570. The predicted octanol–water partition coefficient (Wildman–Crippen LogP) is 2.86. The van der Waals surface area contributed by atoms with Crippen LogP contribution in [0.2, 0.25) is 0 Å². The summed E-state index contributed by atoms with van der Waals surface area (Å²) in [7, 11) is 0. The van der Waals surface area contributed by atoms with Gasteiger partial charge in [-0.3, -0.25) is 14.7 Å². The summed E-state index contributed by atoms with van der Waals surface area (Å²) in [4.78, 5) is 29.6. The lowest BCUT2D eigenvalue weighted by Crippen LogP contribution is -2.37. The van der Waals surface area contributed by atoms with Crippen LogP contribution in [0.3, 0.4) is 0 Å². The molecule has 3 heterocycles. The highest BCUT2D eigenvalue weighted by molar-refractivity contribution is 5.97. The Morgan fingerprint density at radius 3 is 2.45 bits per heavy atom. The van der Waals surface area contributed by atoms with Crippen molar-refractivity contribution in [2.45, 2.75) is 26.2 Å². The topological polar surface area (TPSA) is 91.4 Å². The van der Waals surface area contributed by atoms with Crippen molar-refractivity contribution in [1.82, 2.24) is 25.2 Å². The molecule has 0 saturated carbocycles. The third kappa shape index (κ3) is 4.17. The van der Waals surface area contributed by atoms with Crippen LogP contribution in [-0.2, 0) is 10.2 Å². The Hall–Kier alpha value is -3.42. The lowest BCUT2D eigenvalue weighted by atomic mass is 9.86. The van der Waals surface area contributed by atoms with E-state index in [9.17, 15) is 9.59 Å². The van der Waals surface area contributed by atoms with Gasteiger partial charge in [-0.05, 0) is 35.2 Å². The third-order valence-corrected chi connectivity index (χ3v) is 6.75. The minimum Gasteiger partial charge on any atom is -0.483 e. The molecule has 8 nitrogen and oxygen atoms in total. The minimum absolute atomic E-state index is 0.00229. The molecule has 0 unspecified atom stereocenters. The maximum absolute atomic E-state index is 13.0. The molecular weight excluding hydrogens is 418 g/mol. The molecule has 2 amide bonds. The largest absolute Gasteiger partial charge is 0.483 e. The first-order chi connectivity index (χ1) is 15.8. The van der Waals surface area contributed by atoms with Crippen LogP contribution < -0.4 is 4.74 Å². The van der Waals surface area contributed by atoms with E-state index in [1.54, 1.807) is 12.1 Å². The van der Waals surface area contributed by atoms with Crippen molar-refractivity contribution in [3.05, 3.63) is 53.6 Å². The quantitative estimate of drug-likeness (QED) is 0.664. The van der Waals surface area contributed by atoms with Crippen LogP contribution >= 0.6 is 0 Å². The van der Waals surface area contributed by atoms with Gasteiger partial charge < -0.3 is 14.5 Å². The number of benzene rings is 2. The second-order valence-corrected chi connectivity index (χ2v) is 10.1. The van der Waals surface area contributed by atoms with E-state index in [1.807, 2.05) is 40.1 Å². The van der Waals surface area contributed by atoms with Crippen LogP contribution in [0.1, 0.15) is 36.7 Å². The molecule has 0 radical (unpaired) electrons. The number of ether oxygens (including phenoxy) is 1. The number of fused-ring (bicyclic) bond motifs is 2. The average Bonchev–Trinajstić information content (AvgIpc) is 3.50. The number of carbonyl (C=O) groups excluding carboxylic acids is 2. The summed E-state index contributed by atoms with van der Waals surface area (Å²) in [5.41, 5.74) is 3.15. The standard InChI is InChI=1S/C25H29N5O3/c1-25(2,3)19-6-4-5-7-22(19)33-15-23(31)29-11-17-13-30(14-18(17)12-29)24(32)16-8-9-20-21(10-16)27-28-26-20/h4-10,17-18H,11-15H2,1-3H3,(H,26,27,28)/t17-,18-/m1/s1. The van der Waals surface area contributed by atoms with Crippen molar-refractivity contribution >= 4 is 22.8 Å². The number of aromatic nitrogens is 3. The van der Waals surface area contributed by atoms with Crippen LogP contribution in [0, 0.1) is 11.8 Å². The molecule has 5 rings (SSSR count). The smallest absolute Gasteiger partial charge is 0.260 e. The van der Waals surface area contributed by atoms with E-state index in [1.165, 1.54) is 0 Å². The van der Waals surface area contributed by atoms with Gasteiger partial charge in [-0.25, -0.2) is 0 Å². The van der Waals surface area contributed by atoms with E-state index < -0.39 is 0 Å². The molecule has 8 heteroatoms. The van der Waals surface area contributed by atoms with Crippen LogP contribution in [0.25, 0.3) is 11.0 Å². The van der Waals surface area contributed by atoms with Crippen LogP contribution in [0.15, 0.2) is 42.5 Å². The van der Waals surface area contributed by atoms with Crippen molar-refractivity contribution in [2.75, 3.05) is 32.8 Å². The summed E-state index contributed by atoms with van der Waals surface area (Å²) in [6, 6.07) is 13.3. The second kappa shape index (κ2) is 8.17. The number of hydrogen-bond donors (Lipinski definition) is 1. The zero-order chi connectivity index (χ0) is 23.2. The van der Waals surface area contributed by atoms with Crippen molar-refractivity contribution in [3.63, 3.8) is 0 Å². The van der Waals surface area contributed by atoms with E-state index in [0.717, 1.165) is 16.8 Å². The molecule has 0 spiro atoms. The molecule has 33 heavy (non-hydrogen) atoms. The zero-order valence-electron chi connectivity index (χ0n) is 19.2. The van der Waals surface area contributed by atoms with Crippen LogP contribution in [0.5, 0.6) is 5.75 Å². The van der Waals surface area contributed by atoms with E-state index >= 15 is 0 Å². The second-order valence-electron chi connectivity index (χ2n) is 10.1. The molecule has 3 aromatic rings. The number of carbonyl (C=O) groups is 2. The van der Waals surface area contributed by atoms with Crippen LogP contribution in [0.4, 0.5) is 0 Å². The number of aromatic amines is 1. The molecule has 172 valence electrons. The summed E-state index contributed by atoms with van der Waals surface area (Å²) >= 11 is 0. The van der Waals surface area contributed by atoms with Gasteiger partial charge >= 0.3 is 0 Å². The maximum Gasteiger partial charge on any atom is 0.260 e. The van der Waals surface area contributed by atoms with Gasteiger partial charge in [-0.15, -0.1) is 5.10 Å². The molecule has 2 fully saturated rings. The molecular formula is C25H29N5O3. The Morgan fingerprint density at radius 1 is 1.03 bits per heavy atom. The molecule has 2 aliphatic heterocycles. The number of likely N-dealkylation sites (tertiary alicyclic amines) is 2. The molecule has 1 N–H and O–H groups in total. The van der Waals surface area contributed by atoms with Crippen molar-refractivity contribution in [2.24, 2.45) is 11.8 Å². The van der Waals surface area contributed by atoms with E-state index in [0.29, 0.717) is 49.1 Å². The molecule has 2 atom stereocenters. The van der Waals surface area contributed by atoms with E-state index in [2.05, 4.69) is 36.2 Å². The number of nitrogens with one attached hydrogen (secondary N) is 1. The van der Waals surface area contributed by atoms with Crippen molar-refractivity contribution < 1.29 is 14.3 Å². The SMILES string of the molecule is CC(C)(C)c1ccccc1OCC(=O)N1C[C@@H]2CN(C(=O)c3ccc4[nH]nnc4c3)C[C@H]2C1. The maximum atomic E-state index is 13.0. The lowest BCUT2D eigenvalue weighted by Gasteiger charge is -2.24. The number of rotatable bonds is 4. The van der Waals surface area contributed by atoms with Gasteiger partial charge in [0.2, 0.25) is 0 Å². The van der Waals surface area contributed by atoms with Crippen molar-refractivity contribution in [3.8, 4) is 5.75 Å². The molecule has 2 saturated heterocycles. The number of hydrogen-bond acceptors (Lipinski definition) is 5. The third-order valence-electron chi connectivity index (χ3n) is 6.75. The summed E-state index contributed by atoms with van der Waals surface area (Å²) in [6.07, 6.45) is 0. The Kier molecular flexibility index (Phi) is 5.31. The highest BCUT2D eigenvalue weighted by Crippen LogP contribution is 2.33. The van der Waals surface area contributed by atoms with Gasteiger partial charge in [-0.2, -0.15) is 0 Å². The molecule has 0 bridgehead atoms. The highest BCUT2D eigenvalue weighted by Gasteiger charge is 2.43. The van der Waals surface area contributed by atoms with Gasteiger partial charge in [-0.1, -0.05) is 44.2 Å². The molecule has 1 aromatic heterocycles. The molecule has 2 aromatic carbocycles. The summed E-state index contributed by atoms with van der Waals surface area (Å²) in [5.74, 6) is 1.38. The molecule has 2 aliphatic rings. The lowest BCUT2D eigenvalue weighted by molar-refractivity contribution is -0.132. The first kappa shape index (κ1) is 21.4. The van der Waals surface area contributed by atoms with Gasteiger partial charge in [0.05, 0.1) is 5.52 Å². The predicted molar refractivity (Wildman–Crippen MR) is 124 cm³/mol. The fourth-order valence-electron chi connectivity index (χ4n) is 4.96. The van der Waals surface area contributed by atoms with Gasteiger partial charge in [0.1, 0.15) is 11.3 Å². The van der Waals surface area contributed by atoms with Crippen molar-refractivity contribution in [1.29, 1.82) is 0 Å². The first-order valence-corrected chi connectivity index (χ1v) is 11.4. The summed E-state index contributed by atoms with van der Waals surface area (Å²) in [5, 5.41) is 10.6. The van der Waals surface area contributed by atoms with E-state index in [-0.39, 0.29) is 23.8 Å². The monoisotopic (exact) mass is 447 g/mol. The Balaban J connectivity index is 1.17. The number of H-pyrrole nitrogens is 1. The number of nitrogens with zero attached hydrogens (tertiary/aromatic N) is 4. The van der Waals surface area contributed by atoms with E-state index in [4.69, 9.17) is 4.74 Å². The fourth-order valence-corrected chi connectivity index (χ4v) is 4.96.